The van der Waals surface area contributed by atoms with Gasteiger partial charge in [-0.05, 0) is 31.5 Å². The summed E-state index contributed by atoms with van der Waals surface area (Å²) in [4.78, 5) is 19.5. The van der Waals surface area contributed by atoms with Gasteiger partial charge in [0.2, 0.25) is 5.82 Å². The molecule has 3 aromatic rings. The monoisotopic (exact) mass is 334 g/mol. The number of halogens is 1. The molecule has 2 N–H and O–H groups in total. The average Bonchev–Trinajstić information content (AvgIpc) is 3.15. The van der Waals surface area contributed by atoms with Crippen molar-refractivity contribution in [3.8, 4) is 23.0 Å². The molecular weight excluding hydrogens is 320 g/mol. The Bertz CT molecular complexity index is 896. The van der Waals surface area contributed by atoms with E-state index in [9.17, 15) is 9.90 Å². The average molecular weight is 335 g/mol. The van der Waals surface area contributed by atoms with Gasteiger partial charge < -0.3 is 14.5 Å². The van der Waals surface area contributed by atoms with Crippen molar-refractivity contribution in [2.45, 2.75) is 20.4 Å². The summed E-state index contributed by atoms with van der Waals surface area (Å²) in [5.41, 5.74) is 1.24. The minimum atomic E-state index is -0.304. The van der Waals surface area contributed by atoms with E-state index in [1.807, 2.05) is 0 Å². The number of H-pyrrole nitrogens is 1. The second kappa shape index (κ2) is 6.02. The lowest BCUT2D eigenvalue weighted by molar-refractivity contribution is 0.270. The van der Waals surface area contributed by atoms with Gasteiger partial charge in [-0.3, -0.25) is 4.79 Å². The number of aliphatic hydroxyl groups is 1. The molecule has 0 unspecified atom stereocenters. The number of aryl methyl sites for hydroxylation is 1. The van der Waals surface area contributed by atoms with Gasteiger partial charge in [0.05, 0.1) is 30.0 Å². The first-order chi connectivity index (χ1) is 11.0. The van der Waals surface area contributed by atoms with E-state index >= 15 is 0 Å². The zero-order chi connectivity index (χ0) is 16.6. The van der Waals surface area contributed by atoms with Crippen molar-refractivity contribution in [3.05, 3.63) is 45.0 Å². The number of furan rings is 1. The van der Waals surface area contributed by atoms with Crippen molar-refractivity contribution in [2.24, 2.45) is 0 Å². The third kappa shape index (κ3) is 2.69. The molecule has 0 radical (unpaired) electrons. The number of pyridine rings is 1. The van der Waals surface area contributed by atoms with E-state index < -0.39 is 0 Å². The standard InChI is InChI=1S/C15H15ClN4O3/c1-8-11(15(22)17-9(2)12(8)16)14-18-13(10-4-3-7-23-10)19-20(14)5-6-21/h3-4,7,21H,5-6H2,1-2H3,(H,17,22). The summed E-state index contributed by atoms with van der Waals surface area (Å²) in [6.45, 7) is 3.55. The van der Waals surface area contributed by atoms with Crippen molar-refractivity contribution in [3.63, 3.8) is 0 Å². The lowest BCUT2D eigenvalue weighted by Gasteiger charge is -2.09. The van der Waals surface area contributed by atoms with Gasteiger partial charge in [0.25, 0.3) is 5.56 Å². The second-order valence-corrected chi connectivity index (χ2v) is 5.45. The van der Waals surface area contributed by atoms with Crippen LogP contribution in [0.15, 0.2) is 27.6 Å². The van der Waals surface area contributed by atoms with Crippen LogP contribution in [0.4, 0.5) is 0 Å². The van der Waals surface area contributed by atoms with E-state index in [1.165, 1.54) is 10.9 Å². The number of aliphatic hydroxyl groups excluding tert-OH is 1. The summed E-state index contributed by atoms with van der Waals surface area (Å²) in [5.74, 6) is 1.16. The number of aromatic nitrogens is 4. The minimum absolute atomic E-state index is 0.134. The Balaban J connectivity index is 2.24. The highest BCUT2D eigenvalue weighted by Gasteiger charge is 2.21. The molecule has 0 amide bonds. The minimum Gasteiger partial charge on any atom is -0.461 e. The van der Waals surface area contributed by atoms with Crippen LogP contribution in [0, 0.1) is 13.8 Å². The Morgan fingerprint density at radius 2 is 2.22 bits per heavy atom. The van der Waals surface area contributed by atoms with E-state index in [-0.39, 0.29) is 18.7 Å². The van der Waals surface area contributed by atoms with E-state index in [1.54, 1.807) is 26.0 Å². The van der Waals surface area contributed by atoms with Crippen molar-refractivity contribution < 1.29 is 9.52 Å². The molecule has 0 aliphatic carbocycles. The first kappa shape index (κ1) is 15.5. The fourth-order valence-electron chi connectivity index (χ4n) is 2.41. The van der Waals surface area contributed by atoms with Crippen LogP contribution in [0.3, 0.4) is 0 Å². The second-order valence-electron chi connectivity index (χ2n) is 5.08. The highest BCUT2D eigenvalue weighted by Crippen LogP contribution is 2.27. The van der Waals surface area contributed by atoms with Crippen LogP contribution >= 0.6 is 11.6 Å². The van der Waals surface area contributed by atoms with E-state index in [0.29, 0.717) is 39.3 Å². The molecule has 0 atom stereocenters. The Labute approximate surface area is 136 Å². The van der Waals surface area contributed by atoms with Crippen LogP contribution in [0.1, 0.15) is 11.3 Å². The summed E-state index contributed by atoms with van der Waals surface area (Å²) in [6, 6.07) is 3.45. The van der Waals surface area contributed by atoms with Crippen molar-refractivity contribution in [1.29, 1.82) is 0 Å². The number of hydrogen-bond donors (Lipinski definition) is 2. The van der Waals surface area contributed by atoms with Crippen molar-refractivity contribution in [2.75, 3.05) is 6.61 Å². The van der Waals surface area contributed by atoms with Gasteiger partial charge in [-0.2, -0.15) is 0 Å². The Hall–Kier alpha value is -2.38. The molecule has 3 rings (SSSR count). The summed E-state index contributed by atoms with van der Waals surface area (Å²) in [5, 5.41) is 14.0. The van der Waals surface area contributed by atoms with Gasteiger partial charge >= 0.3 is 0 Å². The molecule has 0 saturated heterocycles. The van der Waals surface area contributed by atoms with Gasteiger partial charge in [0, 0.05) is 5.69 Å². The maximum atomic E-state index is 12.4. The smallest absolute Gasteiger partial charge is 0.259 e. The Morgan fingerprint density at radius 3 is 2.87 bits per heavy atom. The summed E-state index contributed by atoms with van der Waals surface area (Å²) < 4.78 is 6.77. The third-order valence-corrected chi connectivity index (χ3v) is 4.08. The molecule has 7 nitrogen and oxygen atoms in total. The normalized spacial score (nSPS) is 11.1. The number of hydrogen-bond acceptors (Lipinski definition) is 5. The number of rotatable bonds is 4. The quantitative estimate of drug-likeness (QED) is 0.762. The topological polar surface area (TPSA) is 96.9 Å². The van der Waals surface area contributed by atoms with Crippen LogP contribution in [-0.4, -0.2) is 31.5 Å². The van der Waals surface area contributed by atoms with Crippen LogP contribution in [0.25, 0.3) is 23.0 Å². The summed E-state index contributed by atoms with van der Waals surface area (Å²) in [7, 11) is 0. The molecule has 0 bridgehead atoms. The van der Waals surface area contributed by atoms with Crippen molar-refractivity contribution in [1.82, 2.24) is 19.7 Å². The van der Waals surface area contributed by atoms with Gasteiger partial charge in [-0.15, -0.1) is 5.10 Å². The predicted octanol–water partition coefficient (Wildman–Crippen LogP) is 2.16. The molecule has 120 valence electrons. The maximum absolute atomic E-state index is 12.4. The van der Waals surface area contributed by atoms with Gasteiger partial charge in [-0.1, -0.05) is 11.6 Å². The highest BCUT2D eigenvalue weighted by molar-refractivity contribution is 6.32. The molecule has 0 fully saturated rings. The fraction of sp³-hybridized carbons (Fsp3) is 0.267. The molecule has 0 saturated carbocycles. The van der Waals surface area contributed by atoms with E-state index in [4.69, 9.17) is 16.0 Å². The number of nitrogens with one attached hydrogen (secondary N) is 1. The molecule has 3 heterocycles. The number of aromatic amines is 1. The lowest BCUT2D eigenvalue weighted by Crippen LogP contribution is -2.17. The zero-order valence-corrected chi connectivity index (χ0v) is 13.4. The fourth-order valence-corrected chi connectivity index (χ4v) is 2.55. The summed E-state index contributed by atoms with van der Waals surface area (Å²) in [6.07, 6.45) is 1.52. The van der Waals surface area contributed by atoms with Crippen LogP contribution < -0.4 is 5.56 Å². The molecule has 23 heavy (non-hydrogen) atoms. The highest BCUT2D eigenvalue weighted by atomic mass is 35.5. The molecule has 0 spiro atoms. The molecule has 3 aromatic heterocycles. The van der Waals surface area contributed by atoms with Crippen LogP contribution in [0.5, 0.6) is 0 Å². The van der Waals surface area contributed by atoms with Gasteiger partial charge in [-0.25, -0.2) is 9.67 Å². The largest absolute Gasteiger partial charge is 0.461 e. The molecule has 8 heteroatoms. The summed E-state index contributed by atoms with van der Waals surface area (Å²) >= 11 is 6.24. The molecular formula is C15H15ClN4O3. The van der Waals surface area contributed by atoms with Crippen molar-refractivity contribution >= 4 is 11.6 Å². The maximum Gasteiger partial charge on any atom is 0.259 e. The Kier molecular flexibility index (Phi) is 4.06. The zero-order valence-electron chi connectivity index (χ0n) is 12.6. The molecule has 0 aromatic carbocycles. The van der Waals surface area contributed by atoms with Gasteiger partial charge in [0.1, 0.15) is 0 Å². The molecule has 0 aliphatic heterocycles. The van der Waals surface area contributed by atoms with Gasteiger partial charge in [0.15, 0.2) is 11.6 Å². The first-order valence-electron chi connectivity index (χ1n) is 7.02. The van der Waals surface area contributed by atoms with Crippen LogP contribution in [0.2, 0.25) is 5.02 Å². The molecule has 0 aliphatic rings. The Morgan fingerprint density at radius 1 is 1.43 bits per heavy atom. The SMILES string of the molecule is Cc1[nH]c(=O)c(-c2nc(-c3ccco3)nn2CCO)c(C)c1Cl. The predicted molar refractivity (Wildman–Crippen MR) is 85.4 cm³/mol. The van der Waals surface area contributed by atoms with E-state index in [2.05, 4.69) is 15.1 Å². The first-order valence-corrected chi connectivity index (χ1v) is 7.39. The van der Waals surface area contributed by atoms with Crippen LogP contribution in [-0.2, 0) is 6.54 Å². The van der Waals surface area contributed by atoms with E-state index in [0.717, 1.165) is 0 Å². The number of nitrogens with zero attached hydrogens (tertiary/aromatic N) is 3. The third-order valence-electron chi connectivity index (χ3n) is 3.51. The lowest BCUT2D eigenvalue weighted by atomic mass is 10.1.